The Hall–Kier alpha value is -1.20. The molecule has 1 saturated heterocycles. The number of hydrogen-bond donors (Lipinski definition) is 0. The second-order valence-electron chi connectivity index (χ2n) is 6.74. The average Bonchev–Trinajstić information content (AvgIpc) is 2.59. The predicted octanol–water partition coefficient (Wildman–Crippen LogP) is 4.05. The molecule has 0 aliphatic carbocycles. The predicted molar refractivity (Wildman–Crippen MR) is 83.2 cm³/mol. The topological polar surface area (TPSA) is 31.4 Å². The summed E-state index contributed by atoms with van der Waals surface area (Å²) in [5.74, 6) is 0.0198. The molecule has 1 aromatic rings. The van der Waals surface area contributed by atoms with Gasteiger partial charge in [-0.1, -0.05) is 13.8 Å². The SMILES string of the molecule is CC(C)C(=C(F)B1OC(C)(C)C(C)(C)O1)c1ccncc1. The molecule has 1 aliphatic heterocycles. The molecule has 0 saturated carbocycles. The summed E-state index contributed by atoms with van der Waals surface area (Å²) in [6.07, 6.45) is 3.32. The van der Waals surface area contributed by atoms with Gasteiger partial charge in [0.15, 0.2) is 0 Å². The standard InChI is InChI=1S/C16H23BFNO2/c1-11(2)13(12-7-9-19-10-8-12)14(18)17-20-15(3,4)16(5,6)21-17/h7-11H,1-6H3. The maximum atomic E-state index is 15.0. The van der Waals surface area contributed by atoms with E-state index >= 15 is 4.39 Å². The van der Waals surface area contributed by atoms with Crippen LogP contribution in [0.25, 0.3) is 5.57 Å². The lowest BCUT2D eigenvalue weighted by Crippen LogP contribution is -2.41. The summed E-state index contributed by atoms with van der Waals surface area (Å²) in [6.45, 7) is 11.6. The van der Waals surface area contributed by atoms with E-state index in [9.17, 15) is 0 Å². The summed E-state index contributed by atoms with van der Waals surface area (Å²) >= 11 is 0. The van der Waals surface area contributed by atoms with Gasteiger partial charge in [-0.3, -0.25) is 4.98 Å². The van der Waals surface area contributed by atoms with Crippen LogP contribution in [0.3, 0.4) is 0 Å². The lowest BCUT2D eigenvalue weighted by molar-refractivity contribution is 0.00578. The van der Waals surface area contributed by atoms with Gasteiger partial charge >= 0.3 is 7.12 Å². The van der Waals surface area contributed by atoms with Crippen molar-refractivity contribution < 1.29 is 13.7 Å². The van der Waals surface area contributed by atoms with Crippen molar-refractivity contribution in [2.24, 2.45) is 5.92 Å². The Morgan fingerprint density at radius 2 is 1.57 bits per heavy atom. The smallest absolute Gasteiger partial charge is 0.398 e. The summed E-state index contributed by atoms with van der Waals surface area (Å²) < 4.78 is 26.6. The number of halogens is 1. The Morgan fingerprint density at radius 3 is 2.00 bits per heavy atom. The van der Waals surface area contributed by atoms with E-state index in [4.69, 9.17) is 9.31 Å². The minimum absolute atomic E-state index is 0.0198. The summed E-state index contributed by atoms with van der Waals surface area (Å²) in [6, 6.07) is 3.61. The van der Waals surface area contributed by atoms with Crippen molar-refractivity contribution in [3.8, 4) is 0 Å². The molecule has 0 amide bonds. The first-order chi connectivity index (χ1) is 9.66. The van der Waals surface area contributed by atoms with Crippen molar-refractivity contribution in [2.75, 3.05) is 0 Å². The van der Waals surface area contributed by atoms with E-state index in [0.29, 0.717) is 5.57 Å². The number of hydrogen-bond acceptors (Lipinski definition) is 3. The van der Waals surface area contributed by atoms with E-state index in [0.717, 1.165) is 5.56 Å². The van der Waals surface area contributed by atoms with Gasteiger partial charge in [0.2, 0.25) is 0 Å². The monoisotopic (exact) mass is 291 g/mol. The molecule has 0 spiro atoms. The van der Waals surface area contributed by atoms with Crippen LogP contribution in [0.4, 0.5) is 4.39 Å². The van der Waals surface area contributed by atoms with E-state index in [2.05, 4.69) is 4.98 Å². The van der Waals surface area contributed by atoms with Crippen molar-refractivity contribution >= 4 is 12.7 Å². The number of pyridine rings is 1. The molecule has 1 aromatic heterocycles. The van der Waals surface area contributed by atoms with Crippen molar-refractivity contribution in [2.45, 2.75) is 52.7 Å². The fraction of sp³-hybridized carbons (Fsp3) is 0.562. The highest BCUT2D eigenvalue weighted by Gasteiger charge is 2.53. The van der Waals surface area contributed by atoms with Gasteiger partial charge in [0.05, 0.1) is 11.2 Å². The van der Waals surface area contributed by atoms with Gasteiger partial charge in [-0.05, 0) is 56.9 Å². The van der Waals surface area contributed by atoms with Gasteiger partial charge in [0.25, 0.3) is 0 Å². The third-order valence-corrected chi connectivity index (χ3v) is 4.29. The molecule has 0 radical (unpaired) electrons. The highest BCUT2D eigenvalue weighted by Crippen LogP contribution is 2.41. The zero-order chi connectivity index (χ0) is 15.8. The highest BCUT2D eigenvalue weighted by molar-refractivity contribution is 6.55. The van der Waals surface area contributed by atoms with E-state index in [1.165, 1.54) is 0 Å². The fourth-order valence-corrected chi connectivity index (χ4v) is 2.35. The first kappa shape index (κ1) is 16.2. The second kappa shape index (κ2) is 5.54. The summed E-state index contributed by atoms with van der Waals surface area (Å²) in [4.78, 5) is 3.98. The average molecular weight is 291 g/mol. The minimum atomic E-state index is -0.958. The van der Waals surface area contributed by atoms with E-state index in [1.807, 2.05) is 41.5 Å². The summed E-state index contributed by atoms with van der Waals surface area (Å²) in [5, 5.41) is 0. The van der Waals surface area contributed by atoms with Crippen LogP contribution in [0.1, 0.15) is 47.1 Å². The zero-order valence-corrected chi connectivity index (χ0v) is 13.6. The number of nitrogens with zero attached hydrogens (tertiary/aromatic N) is 1. The maximum absolute atomic E-state index is 15.0. The highest BCUT2D eigenvalue weighted by atomic mass is 19.1. The Bertz CT molecular complexity index is 524. The van der Waals surface area contributed by atoms with Crippen molar-refractivity contribution in [3.63, 3.8) is 0 Å². The molecule has 114 valence electrons. The summed E-state index contributed by atoms with van der Waals surface area (Å²) in [7, 11) is -0.958. The third-order valence-electron chi connectivity index (χ3n) is 4.29. The Morgan fingerprint density at radius 1 is 1.10 bits per heavy atom. The van der Waals surface area contributed by atoms with Crippen LogP contribution in [0, 0.1) is 5.92 Å². The molecule has 5 heteroatoms. The van der Waals surface area contributed by atoms with E-state index in [1.54, 1.807) is 24.5 Å². The van der Waals surface area contributed by atoms with Crippen LogP contribution in [-0.4, -0.2) is 23.3 Å². The van der Waals surface area contributed by atoms with Gasteiger partial charge in [0, 0.05) is 12.4 Å². The molecule has 2 rings (SSSR count). The number of aromatic nitrogens is 1. The van der Waals surface area contributed by atoms with Crippen LogP contribution in [-0.2, 0) is 9.31 Å². The molecule has 1 fully saturated rings. The van der Waals surface area contributed by atoms with E-state index < -0.39 is 18.3 Å². The Kier molecular flexibility index (Phi) is 4.27. The van der Waals surface area contributed by atoms with Crippen molar-refractivity contribution in [3.05, 3.63) is 35.8 Å². The molecule has 0 aromatic carbocycles. The molecule has 0 unspecified atom stereocenters. The largest absolute Gasteiger partial charge is 0.525 e. The maximum Gasteiger partial charge on any atom is 0.525 e. The lowest BCUT2D eigenvalue weighted by atomic mass is 9.79. The first-order valence-corrected chi connectivity index (χ1v) is 7.31. The van der Waals surface area contributed by atoms with Crippen LogP contribution < -0.4 is 0 Å². The molecular formula is C16H23BFNO2. The number of rotatable bonds is 3. The first-order valence-electron chi connectivity index (χ1n) is 7.31. The van der Waals surface area contributed by atoms with Crippen LogP contribution >= 0.6 is 0 Å². The van der Waals surface area contributed by atoms with Gasteiger partial charge in [0.1, 0.15) is 5.73 Å². The van der Waals surface area contributed by atoms with Gasteiger partial charge in [-0.25, -0.2) is 4.39 Å². The molecule has 0 bridgehead atoms. The van der Waals surface area contributed by atoms with Gasteiger partial charge in [-0.2, -0.15) is 0 Å². The Balaban J connectivity index is 2.41. The molecule has 0 N–H and O–H groups in total. The molecule has 0 atom stereocenters. The molecule has 1 aliphatic rings. The molecule has 2 heterocycles. The molecule has 21 heavy (non-hydrogen) atoms. The third kappa shape index (κ3) is 3.04. The van der Waals surface area contributed by atoms with Crippen LogP contribution in [0.2, 0.25) is 0 Å². The second-order valence-corrected chi connectivity index (χ2v) is 6.74. The minimum Gasteiger partial charge on any atom is -0.398 e. The Labute approximate surface area is 126 Å². The van der Waals surface area contributed by atoms with Gasteiger partial charge in [-0.15, -0.1) is 0 Å². The zero-order valence-electron chi connectivity index (χ0n) is 13.6. The fourth-order valence-electron chi connectivity index (χ4n) is 2.35. The molecule has 3 nitrogen and oxygen atoms in total. The quantitative estimate of drug-likeness (QED) is 0.787. The lowest BCUT2D eigenvalue weighted by Gasteiger charge is -2.32. The van der Waals surface area contributed by atoms with Crippen LogP contribution in [0.5, 0.6) is 0 Å². The van der Waals surface area contributed by atoms with Crippen molar-refractivity contribution in [1.29, 1.82) is 0 Å². The molecular weight excluding hydrogens is 268 g/mol. The number of allylic oxidation sites excluding steroid dienone is 1. The van der Waals surface area contributed by atoms with E-state index in [-0.39, 0.29) is 11.6 Å². The van der Waals surface area contributed by atoms with Crippen LogP contribution in [0.15, 0.2) is 30.3 Å². The van der Waals surface area contributed by atoms with Crippen molar-refractivity contribution in [1.82, 2.24) is 4.98 Å². The normalized spacial score (nSPS) is 21.6. The van der Waals surface area contributed by atoms with Gasteiger partial charge < -0.3 is 9.31 Å². The summed E-state index contributed by atoms with van der Waals surface area (Å²) in [5.41, 5.74) is -0.0250.